The predicted octanol–water partition coefficient (Wildman–Crippen LogP) is 9.73. The maximum absolute atomic E-state index is 6.13. The molecule has 2 aliphatic heterocycles. The van der Waals surface area contributed by atoms with Gasteiger partial charge in [0.1, 0.15) is 0 Å². The number of furan rings is 1. The Hall–Kier alpha value is -4.55. The number of benzene rings is 6. The van der Waals surface area contributed by atoms with Crippen LogP contribution in [0, 0.1) is 10.8 Å². The van der Waals surface area contributed by atoms with E-state index in [0.717, 1.165) is 44.1 Å². The standard InChI is InChI=1S/C36H19IN2O/c1-2-8-23-20(7-1)13-15-30-34(23)39-35-28-19-22(21-14-16-32-26(17-21)25-10-4-6-12-31(25)40-32)18-27-24-9-3-5-11-29(24)37(33(27)28)36(35)38-30/h1-19H. The van der Waals surface area contributed by atoms with Gasteiger partial charge in [-0.05, 0) is 0 Å². The molecule has 40 heavy (non-hydrogen) atoms. The molecule has 0 N–H and O–H groups in total. The van der Waals surface area contributed by atoms with Crippen LogP contribution in [0.4, 0.5) is 0 Å². The second-order valence-electron chi connectivity index (χ2n) is 10.5. The minimum absolute atomic E-state index is 0.920. The summed E-state index contributed by atoms with van der Waals surface area (Å²) in [6, 6.07) is 41.4. The number of aromatic nitrogens is 2. The third-order valence-corrected chi connectivity index (χ3v) is 14.4. The van der Waals surface area contributed by atoms with Gasteiger partial charge in [-0.1, -0.05) is 0 Å². The van der Waals surface area contributed by atoms with Gasteiger partial charge < -0.3 is 0 Å². The average Bonchev–Trinajstić information content (AvgIpc) is 3.66. The summed E-state index contributed by atoms with van der Waals surface area (Å²) in [5.41, 5.74) is 11.3. The molecule has 0 radical (unpaired) electrons. The van der Waals surface area contributed by atoms with E-state index in [-0.39, 0.29) is 0 Å². The van der Waals surface area contributed by atoms with Gasteiger partial charge in [0.05, 0.1) is 0 Å². The fourth-order valence-corrected chi connectivity index (χ4v) is 13.2. The van der Waals surface area contributed by atoms with Gasteiger partial charge in [0.2, 0.25) is 0 Å². The molecule has 3 nitrogen and oxygen atoms in total. The summed E-state index contributed by atoms with van der Waals surface area (Å²) in [5, 5.41) is 4.66. The molecule has 0 bridgehead atoms. The fourth-order valence-electron chi connectivity index (χ4n) is 6.47. The number of hydrogen-bond acceptors (Lipinski definition) is 3. The SMILES string of the molecule is c1ccc2c(c1)-c1cc(-c3ccc4oc5ccccc5c4c3)cc3c1I2c1nc2ccc4ccccc4c2nc1-3. The summed E-state index contributed by atoms with van der Waals surface area (Å²) in [7, 11) is 0. The van der Waals surface area contributed by atoms with Crippen LogP contribution < -0.4 is 0 Å². The van der Waals surface area contributed by atoms with Gasteiger partial charge >= 0.3 is 238 Å². The monoisotopic (exact) mass is 622 g/mol. The van der Waals surface area contributed by atoms with Crippen molar-refractivity contribution in [3.63, 3.8) is 0 Å². The van der Waals surface area contributed by atoms with Gasteiger partial charge in [-0.15, -0.1) is 0 Å². The molecule has 0 spiro atoms. The Morgan fingerprint density at radius 3 is 2.33 bits per heavy atom. The van der Waals surface area contributed by atoms with Crippen LogP contribution in [0.1, 0.15) is 0 Å². The first-order chi connectivity index (χ1) is 19.8. The molecule has 0 fully saturated rings. The number of halogens is 1. The first-order valence-electron chi connectivity index (χ1n) is 13.4. The zero-order valence-electron chi connectivity index (χ0n) is 21.2. The Balaban J connectivity index is 1.28. The third-order valence-electron chi connectivity index (χ3n) is 8.29. The Labute approximate surface area is 236 Å². The van der Waals surface area contributed by atoms with Crippen LogP contribution in [0.3, 0.4) is 0 Å². The molecular weight excluding hydrogens is 603 g/mol. The fraction of sp³-hybridized carbons (Fsp3) is 0. The molecule has 186 valence electrons. The molecule has 4 heterocycles. The van der Waals surface area contributed by atoms with E-state index in [0.29, 0.717) is 0 Å². The Bertz CT molecular complexity index is 2400. The van der Waals surface area contributed by atoms with Crippen LogP contribution in [0.5, 0.6) is 0 Å². The number of nitrogens with zero attached hydrogens (tertiary/aromatic N) is 2. The molecular formula is C36H19IN2O. The zero-order chi connectivity index (χ0) is 25.9. The van der Waals surface area contributed by atoms with Crippen LogP contribution in [0.15, 0.2) is 120 Å². The molecule has 2 aromatic heterocycles. The number of hydrogen-bond donors (Lipinski definition) is 0. The molecule has 10 rings (SSSR count). The van der Waals surface area contributed by atoms with Crippen molar-refractivity contribution < 1.29 is 4.42 Å². The van der Waals surface area contributed by atoms with Crippen LogP contribution in [-0.4, -0.2) is 9.97 Å². The van der Waals surface area contributed by atoms with Crippen molar-refractivity contribution in [2.24, 2.45) is 0 Å². The van der Waals surface area contributed by atoms with Crippen LogP contribution in [0.2, 0.25) is 0 Å². The van der Waals surface area contributed by atoms with Crippen molar-refractivity contribution in [1.82, 2.24) is 9.97 Å². The zero-order valence-corrected chi connectivity index (χ0v) is 23.3. The molecule has 2 aliphatic rings. The molecule has 8 aromatic rings. The van der Waals surface area contributed by atoms with Crippen molar-refractivity contribution in [3.05, 3.63) is 126 Å². The van der Waals surface area contributed by atoms with Gasteiger partial charge in [-0.25, -0.2) is 0 Å². The van der Waals surface area contributed by atoms with Crippen LogP contribution in [0.25, 0.3) is 77.3 Å². The molecule has 0 aliphatic carbocycles. The maximum atomic E-state index is 6.13. The van der Waals surface area contributed by atoms with E-state index in [1.54, 1.807) is 0 Å². The summed E-state index contributed by atoms with van der Waals surface area (Å²) >= 11 is -1.93. The molecule has 0 saturated carbocycles. The normalized spacial score (nSPS) is 13.8. The molecule has 4 heteroatoms. The van der Waals surface area contributed by atoms with Crippen molar-refractivity contribution in [2.45, 2.75) is 0 Å². The van der Waals surface area contributed by atoms with Crippen LogP contribution in [-0.2, 0) is 0 Å². The van der Waals surface area contributed by atoms with Gasteiger partial charge in [0.25, 0.3) is 0 Å². The molecule has 0 unspecified atom stereocenters. The predicted molar refractivity (Wildman–Crippen MR) is 171 cm³/mol. The Kier molecular flexibility index (Phi) is 4.02. The van der Waals surface area contributed by atoms with Gasteiger partial charge in [-0.3, -0.25) is 0 Å². The molecule has 6 aromatic carbocycles. The van der Waals surface area contributed by atoms with E-state index in [1.807, 2.05) is 12.1 Å². The van der Waals surface area contributed by atoms with E-state index in [1.165, 1.54) is 44.0 Å². The van der Waals surface area contributed by atoms with Gasteiger partial charge in [0.15, 0.2) is 0 Å². The van der Waals surface area contributed by atoms with E-state index in [2.05, 4.69) is 103 Å². The molecule has 0 saturated heterocycles. The first-order valence-corrected chi connectivity index (χ1v) is 16.6. The third kappa shape index (κ3) is 2.69. The van der Waals surface area contributed by atoms with Crippen molar-refractivity contribution >= 4 is 63.6 Å². The quantitative estimate of drug-likeness (QED) is 0.135. The first kappa shape index (κ1) is 21.3. The summed E-state index contributed by atoms with van der Waals surface area (Å²) in [6.45, 7) is 0. The Morgan fingerprint density at radius 2 is 1.35 bits per heavy atom. The average molecular weight is 622 g/mol. The van der Waals surface area contributed by atoms with E-state index >= 15 is 0 Å². The van der Waals surface area contributed by atoms with Crippen molar-refractivity contribution in [2.75, 3.05) is 0 Å². The van der Waals surface area contributed by atoms with E-state index < -0.39 is 19.8 Å². The Morgan fingerprint density at radius 1 is 0.550 bits per heavy atom. The summed E-state index contributed by atoms with van der Waals surface area (Å²) in [6.07, 6.45) is 0. The summed E-state index contributed by atoms with van der Waals surface area (Å²) in [4.78, 5) is 10.8. The minimum atomic E-state index is -1.93. The summed E-state index contributed by atoms with van der Waals surface area (Å²) in [5.74, 6) is 0. The van der Waals surface area contributed by atoms with Gasteiger partial charge in [0, 0.05) is 0 Å². The summed E-state index contributed by atoms with van der Waals surface area (Å²) < 4.78 is 10.3. The topological polar surface area (TPSA) is 38.9 Å². The van der Waals surface area contributed by atoms with Crippen molar-refractivity contribution in [3.8, 4) is 33.5 Å². The second-order valence-corrected chi connectivity index (χ2v) is 15.4. The number of rotatable bonds is 1. The van der Waals surface area contributed by atoms with E-state index in [9.17, 15) is 0 Å². The molecule has 0 amide bonds. The van der Waals surface area contributed by atoms with E-state index in [4.69, 9.17) is 14.4 Å². The number of fused-ring (bicyclic) bond motifs is 12. The molecule has 0 atom stereocenters. The van der Waals surface area contributed by atoms with Crippen molar-refractivity contribution in [1.29, 1.82) is 0 Å². The second kappa shape index (κ2) is 7.55. The number of para-hydroxylation sites is 1. The van der Waals surface area contributed by atoms with Crippen LogP contribution >= 0.6 is 19.8 Å². The van der Waals surface area contributed by atoms with Gasteiger partial charge in [-0.2, -0.15) is 0 Å².